The summed E-state index contributed by atoms with van der Waals surface area (Å²) in [5.74, 6) is -2.14. The number of hydrogen-bond donors (Lipinski definition) is 1. The zero-order valence-corrected chi connectivity index (χ0v) is 9.29. The first-order valence-electron chi connectivity index (χ1n) is 4.20. The molecule has 0 radical (unpaired) electrons. The maximum atomic E-state index is 13.0. The summed E-state index contributed by atoms with van der Waals surface area (Å²) < 4.78 is 117. The Labute approximate surface area is 101 Å². The molecule has 0 spiro atoms. The average Bonchev–Trinajstić information content (AvgIpc) is 2.11. The highest BCUT2D eigenvalue weighted by Gasteiger charge is 2.44. The minimum absolute atomic E-state index is 0.604. The first-order valence-corrected chi connectivity index (χ1v) is 5.64. The fraction of sp³-hybridized carbons (Fsp3) is 0.250. The van der Waals surface area contributed by atoms with Gasteiger partial charge < -0.3 is 0 Å². The predicted octanol–water partition coefficient (Wildman–Crippen LogP) is 3.11. The summed E-state index contributed by atoms with van der Waals surface area (Å²) in [6, 6.07) is -1.24. The van der Waals surface area contributed by atoms with Crippen LogP contribution in [0.25, 0.3) is 0 Å². The third-order valence-electron chi connectivity index (χ3n) is 1.96. The monoisotopic (exact) mass is 312 g/mol. The molecule has 0 amide bonds. The topological polar surface area (TPSA) is 54.4 Å². The number of rotatable bonds is 1. The minimum atomic E-state index is -5.57. The molecule has 11 heteroatoms. The number of benzene rings is 1. The molecule has 0 bridgehead atoms. The Bertz CT molecular complexity index is 600. The van der Waals surface area contributed by atoms with Crippen molar-refractivity contribution in [2.24, 2.45) is 0 Å². The van der Waals surface area contributed by atoms with E-state index in [-0.39, 0.29) is 0 Å². The highest BCUT2D eigenvalue weighted by molar-refractivity contribution is 7.85. The van der Waals surface area contributed by atoms with Crippen molar-refractivity contribution >= 4 is 10.1 Å². The molecule has 0 saturated heterocycles. The molecule has 19 heavy (non-hydrogen) atoms. The molecule has 1 N–H and O–H groups in total. The average molecular weight is 312 g/mol. The van der Waals surface area contributed by atoms with Crippen LogP contribution in [0.1, 0.15) is 11.1 Å². The smallest absolute Gasteiger partial charge is 0.282 e. The summed E-state index contributed by atoms with van der Waals surface area (Å²) in [5, 5.41) is 0. The SMILES string of the molecule is O=S(=O)(O)c1cc(C(F)(F)F)c(C(F)(F)F)cc1F. The molecule has 1 aromatic carbocycles. The van der Waals surface area contributed by atoms with Crippen LogP contribution in [0, 0.1) is 5.82 Å². The highest BCUT2D eigenvalue weighted by atomic mass is 32.2. The Morgan fingerprint density at radius 2 is 1.26 bits per heavy atom. The second-order valence-corrected chi connectivity index (χ2v) is 4.69. The molecule has 0 aromatic heterocycles. The van der Waals surface area contributed by atoms with Gasteiger partial charge in [0.2, 0.25) is 0 Å². The van der Waals surface area contributed by atoms with Crippen LogP contribution < -0.4 is 0 Å². The lowest BCUT2D eigenvalue weighted by Crippen LogP contribution is -2.18. The lowest BCUT2D eigenvalue weighted by atomic mass is 10.1. The van der Waals surface area contributed by atoms with Crippen LogP contribution in [-0.2, 0) is 22.5 Å². The van der Waals surface area contributed by atoms with Crippen LogP contribution in [0.2, 0.25) is 0 Å². The third-order valence-corrected chi connectivity index (χ3v) is 2.83. The van der Waals surface area contributed by atoms with Crippen molar-refractivity contribution in [2.45, 2.75) is 17.2 Å². The van der Waals surface area contributed by atoms with E-state index in [4.69, 9.17) is 4.55 Å². The molecule has 3 nitrogen and oxygen atoms in total. The highest BCUT2D eigenvalue weighted by Crippen LogP contribution is 2.41. The van der Waals surface area contributed by atoms with Crippen LogP contribution in [0.5, 0.6) is 0 Å². The van der Waals surface area contributed by atoms with E-state index in [0.717, 1.165) is 0 Å². The molecular formula is C8H3F7O3S. The van der Waals surface area contributed by atoms with E-state index >= 15 is 0 Å². The predicted molar refractivity (Wildman–Crippen MR) is 46.2 cm³/mol. The molecule has 0 saturated carbocycles. The molecule has 0 aliphatic heterocycles. The maximum absolute atomic E-state index is 13.0. The van der Waals surface area contributed by atoms with Crippen molar-refractivity contribution in [3.8, 4) is 0 Å². The van der Waals surface area contributed by atoms with Gasteiger partial charge in [0, 0.05) is 0 Å². The van der Waals surface area contributed by atoms with Gasteiger partial charge in [-0.1, -0.05) is 0 Å². The lowest BCUT2D eigenvalue weighted by Gasteiger charge is -2.16. The van der Waals surface area contributed by atoms with Gasteiger partial charge >= 0.3 is 12.4 Å². The second-order valence-electron chi connectivity index (χ2n) is 3.30. The van der Waals surface area contributed by atoms with Gasteiger partial charge in [-0.2, -0.15) is 34.8 Å². The van der Waals surface area contributed by atoms with Gasteiger partial charge in [-0.05, 0) is 12.1 Å². The van der Waals surface area contributed by atoms with Gasteiger partial charge in [-0.3, -0.25) is 4.55 Å². The van der Waals surface area contributed by atoms with Gasteiger partial charge in [-0.15, -0.1) is 0 Å². The fourth-order valence-electron chi connectivity index (χ4n) is 1.22. The van der Waals surface area contributed by atoms with Crippen molar-refractivity contribution in [3.05, 3.63) is 29.1 Å². The van der Waals surface area contributed by atoms with Gasteiger partial charge in [0.1, 0.15) is 10.7 Å². The Morgan fingerprint density at radius 3 is 1.58 bits per heavy atom. The van der Waals surface area contributed by atoms with Crippen LogP contribution in [0.3, 0.4) is 0 Å². The van der Waals surface area contributed by atoms with Crippen LogP contribution in [-0.4, -0.2) is 13.0 Å². The summed E-state index contributed by atoms with van der Waals surface area (Å²) in [6.07, 6.45) is -11.1. The number of alkyl halides is 6. The first kappa shape index (κ1) is 15.7. The standard InChI is InChI=1S/C8H3F7O3S/c9-5-1-3(7(10,11)12)4(8(13,14)15)2-6(5)19(16,17)18/h1-2H,(H,16,17,18). The summed E-state index contributed by atoms with van der Waals surface area (Å²) in [4.78, 5) is -1.88. The molecule has 1 aromatic rings. The molecule has 0 atom stereocenters. The van der Waals surface area contributed by atoms with Crippen molar-refractivity contribution in [1.29, 1.82) is 0 Å². The van der Waals surface area contributed by atoms with Gasteiger partial charge in [0.25, 0.3) is 10.1 Å². The molecule has 0 fully saturated rings. The van der Waals surface area contributed by atoms with Crippen LogP contribution in [0.4, 0.5) is 30.7 Å². The van der Waals surface area contributed by atoms with E-state index in [2.05, 4.69) is 0 Å². The maximum Gasteiger partial charge on any atom is 0.417 e. The Balaban J connectivity index is 3.76. The lowest BCUT2D eigenvalue weighted by molar-refractivity contribution is -0.162. The molecule has 0 heterocycles. The van der Waals surface area contributed by atoms with E-state index in [1.807, 2.05) is 0 Å². The molecular weight excluding hydrogens is 309 g/mol. The summed E-state index contributed by atoms with van der Waals surface area (Å²) >= 11 is 0. The van der Waals surface area contributed by atoms with Crippen molar-refractivity contribution in [2.75, 3.05) is 0 Å². The van der Waals surface area contributed by atoms with Crippen molar-refractivity contribution in [1.82, 2.24) is 0 Å². The van der Waals surface area contributed by atoms with Gasteiger partial charge in [-0.25, -0.2) is 4.39 Å². The Morgan fingerprint density at radius 1 is 0.895 bits per heavy atom. The Kier molecular flexibility index (Phi) is 3.58. The second kappa shape index (κ2) is 4.34. The largest absolute Gasteiger partial charge is 0.417 e. The van der Waals surface area contributed by atoms with E-state index in [1.165, 1.54) is 0 Å². The van der Waals surface area contributed by atoms with Crippen molar-refractivity contribution in [3.63, 3.8) is 0 Å². The van der Waals surface area contributed by atoms with Crippen LogP contribution in [0.15, 0.2) is 17.0 Å². The quantitative estimate of drug-likeness (QED) is 0.640. The van der Waals surface area contributed by atoms with Crippen LogP contribution >= 0.6 is 0 Å². The fourth-order valence-corrected chi connectivity index (χ4v) is 1.79. The molecule has 0 aliphatic carbocycles. The van der Waals surface area contributed by atoms with Gasteiger partial charge in [0.15, 0.2) is 0 Å². The normalized spacial score (nSPS) is 13.7. The first-order chi connectivity index (χ1) is 8.24. The zero-order valence-electron chi connectivity index (χ0n) is 8.47. The van der Waals surface area contributed by atoms with E-state index in [0.29, 0.717) is 0 Å². The van der Waals surface area contributed by atoms with Gasteiger partial charge in [0.05, 0.1) is 11.1 Å². The number of halogens is 7. The van der Waals surface area contributed by atoms with E-state index in [1.54, 1.807) is 0 Å². The third kappa shape index (κ3) is 3.35. The molecule has 1 rings (SSSR count). The summed E-state index contributed by atoms with van der Waals surface area (Å²) in [6.45, 7) is 0. The summed E-state index contributed by atoms with van der Waals surface area (Å²) in [7, 11) is -5.42. The zero-order chi connectivity index (χ0) is 15.2. The van der Waals surface area contributed by atoms with E-state index < -0.39 is 56.4 Å². The minimum Gasteiger partial charge on any atom is -0.282 e. The Hall–Kier alpha value is -1.36. The molecule has 0 aliphatic rings. The van der Waals surface area contributed by atoms with E-state index in [9.17, 15) is 39.2 Å². The molecule has 0 unspecified atom stereocenters. The number of hydrogen-bond acceptors (Lipinski definition) is 2. The molecule has 108 valence electrons. The van der Waals surface area contributed by atoms with Crippen molar-refractivity contribution < 1.29 is 43.7 Å². The summed E-state index contributed by atoms with van der Waals surface area (Å²) in [5.41, 5.74) is -4.79.